The zero-order valence-corrected chi connectivity index (χ0v) is 21.5. The van der Waals surface area contributed by atoms with Gasteiger partial charge in [-0.3, -0.25) is 0 Å². The predicted octanol–water partition coefficient (Wildman–Crippen LogP) is 8.38. The lowest BCUT2D eigenvalue weighted by Crippen LogP contribution is -2.00. The second kappa shape index (κ2) is 13.5. The van der Waals surface area contributed by atoms with Crippen LogP contribution in [0.25, 0.3) is 0 Å². The number of benzene rings is 1. The van der Waals surface area contributed by atoms with Crippen LogP contribution in [0.15, 0.2) is 22.4 Å². The van der Waals surface area contributed by atoms with Gasteiger partial charge in [-0.2, -0.15) is 0 Å². The zero-order valence-electron chi connectivity index (χ0n) is 13.5. The maximum Gasteiger partial charge on any atom is 0.150 e. The molecule has 0 saturated heterocycles. The standard InChI is InChI=1S/C17H23Br5O2/c18-12-13(19)15(21)17(16(22)14(12)20)24-11-9-7-5-3-1-2-4-6-8-10-23/h23H,1-11H2. The predicted molar refractivity (Wildman–Crippen MR) is 119 cm³/mol. The minimum atomic E-state index is 0.331. The van der Waals surface area contributed by atoms with Crippen molar-refractivity contribution in [1.82, 2.24) is 0 Å². The Morgan fingerprint density at radius 2 is 0.917 bits per heavy atom. The molecule has 0 aliphatic rings. The molecule has 0 heterocycles. The zero-order chi connectivity index (χ0) is 17.9. The summed E-state index contributed by atoms with van der Waals surface area (Å²) in [4.78, 5) is 0. The van der Waals surface area contributed by atoms with Gasteiger partial charge in [-0.25, -0.2) is 0 Å². The van der Waals surface area contributed by atoms with Crippen molar-refractivity contribution >= 4 is 79.6 Å². The van der Waals surface area contributed by atoms with Crippen LogP contribution in [0.1, 0.15) is 57.8 Å². The summed E-state index contributed by atoms with van der Waals surface area (Å²) in [5.41, 5.74) is 0. The molecule has 0 aromatic heterocycles. The number of aliphatic hydroxyl groups is 1. The molecule has 1 aromatic rings. The van der Waals surface area contributed by atoms with Gasteiger partial charge in [0, 0.05) is 11.1 Å². The Balaban J connectivity index is 2.20. The Morgan fingerprint density at radius 1 is 0.542 bits per heavy atom. The van der Waals surface area contributed by atoms with Gasteiger partial charge in [0.2, 0.25) is 0 Å². The highest BCUT2D eigenvalue weighted by Gasteiger charge is 2.18. The Morgan fingerprint density at radius 3 is 1.38 bits per heavy atom. The van der Waals surface area contributed by atoms with Crippen LogP contribution in [0.2, 0.25) is 0 Å². The molecule has 0 atom stereocenters. The number of halogens is 5. The molecule has 0 aliphatic carbocycles. The van der Waals surface area contributed by atoms with Gasteiger partial charge in [0.15, 0.2) is 0 Å². The van der Waals surface area contributed by atoms with Crippen LogP contribution in [0, 0.1) is 0 Å². The number of ether oxygens (including phenoxy) is 1. The third kappa shape index (κ3) is 7.95. The van der Waals surface area contributed by atoms with E-state index < -0.39 is 0 Å². The lowest BCUT2D eigenvalue weighted by atomic mass is 10.1. The molecule has 1 N–H and O–H groups in total. The fourth-order valence-corrected chi connectivity index (χ4v) is 5.58. The van der Waals surface area contributed by atoms with Gasteiger partial charge < -0.3 is 9.84 Å². The van der Waals surface area contributed by atoms with Gasteiger partial charge in [-0.15, -0.1) is 0 Å². The summed E-state index contributed by atoms with van der Waals surface area (Å²) in [6, 6.07) is 0. The molecule has 7 heteroatoms. The molecule has 1 aromatic carbocycles. The maximum atomic E-state index is 8.72. The van der Waals surface area contributed by atoms with Crippen molar-refractivity contribution in [2.24, 2.45) is 0 Å². The largest absolute Gasteiger partial charge is 0.491 e. The highest BCUT2D eigenvalue weighted by atomic mass is 79.9. The number of unbranched alkanes of at least 4 members (excludes halogenated alkanes) is 8. The average Bonchev–Trinajstić information content (AvgIpc) is 2.58. The Bertz CT molecular complexity index is 479. The van der Waals surface area contributed by atoms with Crippen molar-refractivity contribution < 1.29 is 9.84 Å². The first-order valence-corrected chi connectivity index (χ1v) is 12.2. The summed E-state index contributed by atoms with van der Waals surface area (Å²) in [6.45, 7) is 1.05. The molecule has 2 nitrogen and oxygen atoms in total. The normalized spacial score (nSPS) is 11.1. The summed E-state index contributed by atoms with van der Waals surface area (Å²) in [6.07, 6.45) is 10.8. The van der Waals surface area contributed by atoms with E-state index in [9.17, 15) is 0 Å². The van der Waals surface area contributed by atoms with Crippen LogP contribution < -0.4 is 4.74 Å². The van der Waals surface area contributed by atoms with Gasteiger partial charge in [-0.1, -0.05) is 44.9 Å². The van der Waals surface area contributed by atoms with Crippen LogP contribution in [-0.4, -0.2) is 18.3 Å². The topological polar surface area (TPSA) is 29.5 Å². The Labute approximate surface area is 187 Å². The minimum absolute atomic E-state index is 0.331. The summed E-state index contributed by atoms with van der Waals surface area (Å²) in [7, 11) is 0. The SMILES string of the molecule is OCCCCCCCCCCCOc1c(Br)c(Br)c(Br)c(Br)c1Br. The quantitative estimate of drug-likeness (QED) is 0.139. The minimum Gasteiger partial charge on any atom is -0.491 e. The summed E-state index contributed by atoms with van der Waals surface area (Å²) < 4.78 is 10.6. The average molecular weight is 659 g/mol. The third-order valence-corrected chi connectivity index (χ3v) is 9.74. The van der Waals surface area contributed by atoms with Crippen LogP contribution in [-0.2, 0) is 0 Å². The van der Waals surface area contributed by atoms with E-state index in [1.54, 1.807) is 0 Å². The van der Waals surface area contributed by atoms with Crippen LogP contribution in [0.3, 0.4) is 0 Å². The second-order valence-electron chi connectivity index (χ2n) is 5.65. The Hall–Kier alpha value is 1.38. The number of rotatable bonds is 12. The maximum absolute atomic E-state index is 8.72. The van der Waals surface area contributed by atoms with E-state index in [-0.39, 0.29) is 0 Å². The lowest BCUT2D eigenvalue weighted by molar-refractivity contribution is 0.282. The molecular weight excluding hydrogens is 636 g/mol. The van der Waals surface area contributed by atoms with Crippen molar-refractivity contribution in [1.29, 1.82) is 0 Å². The van der Waals surface area contributed by atoms with Gasteiger partial charge in [0.25, 0.3) is 0 Å². The highest BCUT2D eigenvalue weighted by molar-refractivity contribution is 9.15. The van der Waals surface area contributed by atoms with Crippen molar-refractivity contribution in [2.75, 3.05) is 13.2 Å². The molecule has 0 amide bonds. The molecule has 0 radical (unpaired) electrons. The van der Waals surface area contributed by atoms with Gasteiger partial charge >= 0.3 is 0 Å². The highest BCUT2D eigenvalue weighted by Crippen LogP contribution is 2.48. The van der Waals surface area contributed by atoms with Gasteiger partial charge in [0.05, 0.1) is 24.5 Å². The van der Waals surface area contributed by atoms with E-state index in [0.29, 0.717) is 13.2 Å². The molecule has 0 saturated carbocycles. The molecule has 0 unspecified atom stereocenters. The van der Waals surface area contributed by atoms with E-state index in [4.69, 9.17) is 9.84 Å². The molecule has 24 heavy (non-hydrogen) atoms. The van der Waals surface area contributed by atoms with Crippen LogP contribution in [0.4, 0.5) is 0 Å². The van der Waals surface area contributed by atoms with Crippen molar-refractivity contribution in [3.63, 3.8) is 0 Å². The molecular formula is C17H23Br5O2. The van der Waals surface area contributed by atoms with E-state index in [1.165, 1.54) is 38.5 Å². The smallest absolute Gasteiger partial charge is 0.150 e. The number of hydrogen-bond acceptors (Lipinski definition) is 2. The summed E-state index contributed by atoms with van der Waals surface area (Å²) in [5, 5.41) is 8.72. The third-order valence-electron chi connectivity index (χ3n) is 3.72. The van der Waals surface area contributed by atoms with Gasteiger partial charge in [-0.05, 0) is 92.5 Å². The summed E-state index contributed by atoms with van der Waals surface area (Å²) >= 11 is 17.8. The number of hydrogen-bond donors (Lipinski definition) is 1. The van der Waals surface area contributed by atoms with E-state index in [2.05, 4.69) is 79.6 Å². The van der Waals surface area contributed by atoms with Crippen LogP contribution >= 0.6 is 79.6 Å². The fraction of sp³-hybridized carbons (Fsp3) is 0.647. The first-order chi connectivity index (χ1) is 11.5. The molecule has 0 aliphatic heterocycles. The van der Waals surface area contributed by atoms with Crippen molar-refractivity contribution in [3.05, 3.63) is 22.4 Å². The first kappa shape index (κ1) is 23.4. The fourth-order valence-electron chi connectivity index (χ4n) is 2.34. The van der Waals surface area contributed by atoms with E-state index in [0.717, 1.165) is 47.4 Å². The lowest BCUT2D eigenvalue weighted by Gasteiger charge is -2.14. The Kier molecular flexibility index (Phi) is 13.2. The molecule has 1 rings (SSSR count). The number of aliphatic hydroxyl groups excluding tert-OH is 1. The van der Waals surface area contributed by atoms with Crippen LogP contribution in [0.5, 0.6) is 5.75 Å². The van der Waals surface area contributed by atoms with E-state index in [1.807, 2.05) is 0 Å². The molecule has 138 valence electrons. The first-order valence-electron chi connectivity index (χ1n) is 8.25. The monoisotopic (exact) mass is 654 g/mol. The van der Waals surface area contributed by atoms with Crippen molar-refractivity contribution in [3.8, 4) is 5.75 Å². The molecule has 0 fully saturated rings. The second-order valence-corrected chi connectivity index (χ2v) is 9.62. The van der Waals surface area contributed by atoms with E-state index >= 15 is 0 Å². The van der Waals surface area contributed by atoms with Crippen molar-refractivity contribution in [2.45, 2.75) is 57.8 Å². The summed E-state index contributed by atoms with van der Waals surface area (Å²) in [5.74, 6) is 0.820. The molecule has 0 bridgehead atoms. The molecule has 0 spiro atoms. The van der Waals surface area contributed by atoms with Gasteiger partial charge in [0.1, 0.15) is 5.75 Å².